The Kier molecular flexibility index (Phi) is 14.0. The number of esters is 1. The van der Waals surface area contributed by atoms with Crippen molar-refractivity contribution in [3.05, 3.63) is 101 Å². The molecule has 0 bridgehead atoms. The molecule has 0 heterocycles. The third kappa shape index (κ3) is 12.3. The molecular formula is C32H40O9S2. The van der Waals surface area contributed by atoms with E-state index in [2.05, 4.69) is 11.1 Å². The van der Waals surface area contributed by atoms with Crippen LogP contribution >= 0.6 is 11.8 Å². The maximum absolute atomic E-state index is 13.1. The number of rotatable bonds is 18. The third-order valence-electron chi connectivity index (χ3n) is 6.91. The van der Waals surface area contributed by atoms with Gasteiger partial charge >= 0.3 is 16.4 Å². The molecule has 0 saturated carbocycles. The van der Waals surface area contributed by atoms with Gasteiger partial charge in [-0.05, 0) is 46.7 Å². The minimum absolute atomic E-state index is 0.000627. The van der Waals surface area contributed by atoms with Gasteiger partial charge in [-0.2, -0.15) is 20.2 Å². The van der Waals surface area contributed by atoms with Crippen molar-refractivity contribution in [1.82, 2.24) is 0 Å². The van der Waals surface area contributed by atoms with Crippen LogP contribution in [0.4, 0.5) is 0 Å². The number of ether oxygens (including phenoxy) is 2. The lowest BCUT2D eigenvalue weighted by Crippen LogP contribution is -2.20. The van der Waals surface area contributed by atoms with Crippen LogP contribution in [0, 0.1) is 5.92 Å². The Balaban J connectivity index is 1.69. The smallest absolute Gasteiger partial charge is 0.397 e. The van der Waals surface area contributed by atoms with Gasteiger partial charge in [-0.25, -0.2) is 4.18 Å². The second-order valence-electron chi connectivity index (χ2n) is 10.4. The van der Waals surface area contributed by atoms with Crippen LogP contribution in [0.15, 0.2) is 78.9 Å². The molecule has 0 aromatic heterocycles. The highest BCUT2D eigenvalue weighted by Gasteiger charge is 2.22. The Morgan fingerprint density at radius 3 is 2.16 bits per heavy atom. The van der Waals surface area contributed by atoms with E-state index in [0.29, 0.717) is 29.2 Å². The summed E-state index contributed by atoms with van der Waals surface area (Å²) < 4.78 is 46.3. The number of benzene rings is 3. The molecule has 0 aliphatic heterocycles. The highest BCUT2D eigenvalue weighted by molar-refractivity contribution is 7.99. The number of hydrogen-bond acceptors (Lipinski definition) is 9. The van der Waals surface area contributed by atoms with E-state index in [0.717, 1.165) is 16.7 Å². The Morgan fingerprint density at radius 1 is 0.884 bits per heavy atom. The number of hydrogen-bond donors (Lipinski definition) is 3. The lowest BCUT2D eigenvalue weighted by atomic mass is 9.91. The molecule has 11 heteroatoms. The predicted molar refractivity (Wildman–Crippen MR) is 167 cm³/mol. The number of carbonyl (C=O) groups is 1. The van der Waals surface area contributed by atoms with Crippen LogP contribution in [0.3, 0.4) is 0 Å². The van der Waals surface area contributed by atoms with E-state index < -0.39 is 22.4 Å². The van der Waals surface area contributed by atoms with Crippen LogP contribution in [-0.4, -0.2) is 66.6 Å². The molecule has 4 unspecified atom stereocenters. The number of aliphatic hydroxyl groups is 2. The molecule has 0 amide bonds. The van der Waals surface area contributed by atoms with E-state index in [1.807, 2.05) is 79.7 Å². The van der Waals surface area contributed by atoms with Crippen LogP contribution < -0.4 is 4.74 Å². The van der Waals surface area contributed by atoms with Crippen molar-refractivity contribution in [2.24, 2.45) is 5.92 Å². The summed E-state index contributed by atoms with van der Waals surface area (Å²) in [6.45, 7) is 3.14. The second-order valence-corrected chi connectivity index (χ2v) is 12.5. The second kappa shape index (κ2) is 17.4. The van der Waals surface area contributed by atoms with Gasteiger partial charge in [-0.1, -0.05) is 80.6 Å². The fourth-order valence-corrected chi connectivity index (χ4v) is 5.99. The SMILES string of the molecule is CC(CC(CSCC(O)CO)c1ccccc1)C(=O)OCc1cc(OCCOS(=O)(=O)O)cc(C(C)c2ccccc2)c1. The topological polar surface area (TPSA) is 140 Å². The van der Waals surface area contributed by atoms with Crippen LogP contribution in [0.5, 0.6) is 5.75 Å². The zero-order valence-electron chi connectivity index (χ0n) is 24.4. The van der Waals surface area contributed by atoms with E-state index >= 15 is 0 Å². The lowest BCUT2D eigenvalue weighted by Gasteiger charge is -2.21. The average molecular weight is 633 g/mol. The summed E-state index contributed by atoms with van der Waals surface area (Å²) in [5.74, 6) is 0.855. The number of aliphatic hydroxyl groups excluding tert-OH is 2. The largest absolute Gasteiger partial charge is 0.491 e. The molecule has 3 rings (SSSR count). The molecule has 0 aliphatic carbocycles. The van der Waals surface area contributed by atoms with E-state index in [4.69, 9.17) is 19.1 Å². The van der Waals surface area contributed by atoms with Gasteiger partial charge in [0.15, 0.2) is 0 Å². The van der Waals surface area contributed by atoms with Gasteiger partial charge in [-0.15, -0.1) is 0 Å². The first-order valence-electron chi connectivity index (χ1n) is 14.1. The Hall–Kier alpha value is -2.93. The van der Waals surface area contributed by atoms with Gasteiger partial charge < -0.3 is 19.7 Å². The Morgan fingerprint density at radius 2 is 1.53 bits per heavy atom. The first kappa shape index (κ1) is 34.6. The minimum Gasteiger partial charge on any atom is -0.491 e. The molecule has 3 aromatic carbocycles. The van der Waals surface area contributed by atoms with Gasteiger partial charge in [0.25, 0.3) is 0 Å². The zero-order chi connectivity index (χ0) is 31.2. The molecule has 0 spiro atoms. The van der Waals surface area contributed by atoms with E-state index in [1.54, 1.807) is 6.07 Å². The van der Waals surface area contributed by atoms with Gasteiger partial charge in [-0.3, -0.25) is 9.35 Å². The van der Waals surface area contributed by atoms with E-state index in [9.17, 15) is 18.3 Å². The fourth-order valence-electron chi connectivity index (χ4n) is 4.58. The maximum Gasteiger partial charge on any atom is 0.397 e. The Labute approximate surface area is 258 Å². The van der Waals surface area contributed by atoms with Gasteiger partial charge in [0.2, 0.25) is 0 Å². The van der Waals surface area contributed by atoms with Crippen molar-refractivity contribution < 1.29 is 41.6 Å². The normalized spacial score (nSPS) is 14.4. The van der Waals surface area contributed by atoms with Crippen molar-refractivity contribution in [1.29, 1.82) is 0 Å². The standard InChI is InChI=1S/C32H40O9S2/c1-23(15-29(21-42-22-30(34)19-33)27-11-7-4-8-12-27)32(35)40-20-25-16-28(24(2)26-9-5-3-6-10-26)18-31(17-25)39-13-14-41-43(36,37)38/h3-12,16-18,23-24,29-30,33-34H,13-15,19-22H2,1-2H3,(H,36,37,38). The molecule has 9 nitrogen and oxygen atoms in total. The van der Waals surface area contributed by atoms with Gasteiger partial charge in [0.05, 0.1) is 18.6 Å². The summed E-state index contributed by atoms with van der Waals surface area (Å²) in [6.07, 6.45) is -0.230. The highest BCUT2D eigenvalue weighted by atomic mass is 32.3. The number of carbonyl (C=O) groups excluding carboxylic acids is 1. The fraction of sp³-hybridized carbons (Fsp3) is 0.406. The molecule has 4 atom stereocenters. The predicted octanol–water partition coefficient (Wildman–Crippen LogP) is 4.98. The van der Waals surface area contributed by atoms with E-state index in [1.165, 1.54) is 11.8 Å². The van der Waals surface area contributed by atoms with Crippen LogP contribution in [0.25, 0.3) is 0 Å². The molecule has 43 heavy (non-hydrogen) atoms. The molecule has 0 saturated heterocycles. The van der Waals surface area contributed by atoms with Crippen LogP contribution in [0.2, 0.25) is 0 Å². The lowest BCUT2D eigenvalue weighted by molar-refractivity contribution is -0.149. The maximum atomic E-state index is 13.1. The highest BCUT2D eigenvalue weighted by Crippen LogP contribution is 2.31. The van der Waals surface area contributed by atoms with Crippen molar-refractivity contribution in [2.75, 3.05) is 31.3 Å². The molecule has 3 aromatic rings. The quantitative estimate of drug-likeness (QED) is 0.1000. The summed E-state index contributed by atoms with van der Waals surface area (Å²) in [4.78, 5) is 13.1. The van der Waals surface area contributed by atoms with Crippen molar-refractivity contribution in [3.63, 3.8) is 0 Å². The monoisotopic (exact) mass is 632 g/mol. The molecule has 3 N–H and O–H groups in total. The molecule has 0 fully saturated rings. The minimum atomic E-state index is -4.57. The summed E-state index contributed by atoms with van der Waals surface area (Å²) in [5.41, 5.74) is 3.81. The van der Waals surface area contributed by atoms with Gasteiger partial charge in [0, 0.05) is 17.4 Å². The first-order valence-corrected chi connectivity index (χ1v) is 16.6. The van der Waals surface area contributed by atoms with Crippen LogP contribution in [0.1, 0.15) is 54.4 Å². The Bertz CT molecular complexity index is 1370. The molecular weight excluding hydrogens is 592 g/mol. The molecule has 234 valence electrons. The first-order chi connectivity index (χ1) is 20.6. The zero-order valence-corrected chi connectivity index (χ0v) is 26.0. The summed E-state index contributed by atoms with van der Waals surface area (Å²) in [7, 11) is -4.57. The summed E-state index contributed by atoms with van der Waals surface area (Å²) >= 11 is 1.53. The summed E-state index contributed by atoms with van der Waals surface area (Å²) in [5, 5.41) is 18.9. The van der Waals surface area contributed by atoms with E-state index in [-0.39, 0.29) is 44.2 Å². The molecule has 0 radical (unpaired) electrons. The van der Waals surface area contributed by atoms with Crippen molar-refractivity contribution >= 4 is 28.1 Å². The molecule has 0 aliphatic rings. The van der Waals surface area contributed by atoms with Crippen LogP contribution in [-0.2, 0) is 30.7 Å². The van der Waals surface area contributed by atoms with Crippen molar-refractivity contribution in [2.45, 2.75) is 44.8 Å². The van der Waals surface area contributed by atoms with Gasteiger partial charge in [0.1, 0.15) is 25.6 Å². The average Bonchev–Trinajstić information content (AvgIpc) is 3.01. The summed E-state index contributed by atoms with van der Waals surface area (Å²) in [6, 6.07) is 25.3. The van der Waals surface area contributed by atoms with Crippen molar-refractivity contribution in [3.8, 4) is 5.75 Å². The third-order valence-corrected chi connectivity index (χ3v) is 8.63. The number of thioether (sulfide) groups is 1.